The highest BCUT2D eigenvalue weighted by Gasteiger charge is 2.34. The van der Waals surface area contributed by atoms with E-state index < -0.39 is 6.04 Å². The maximum absolute atomic E-state index is 13.9. The van der Waals surface area contributed by atoms with Crippen LogP contribution in [0.3, 0.4) is 0 Å². The minimum Gasteiger partial charge on any atom is -0.381 e. The first kappa shape index (κ1) is 29.9. The number of piperazine rings is 1. The van der Waals surface area contributed by atoms with Crippen molar-refractivity contribution in [3.63, 3.8) is 0 Å². The number of para-hydroxylation sites is 1. The van der Waals surface area contributed by atoms with Crippen LogP contribution < -0.4 is 10.6 Å². The van der Waals surface area contributed by atoms with E-state index in [4.69, 9.17) is 11.6 Å². The Morgan fingerprint density at radius 1 is 0.976 bits per heavy atom. The predicted molar refractivity (Wildman–Crippen MR) is 167 cm³/mol. The molecule has 7 heteroatoms. The Balaban J connectivity index is 1.22. The lowest BCUT2D eigenvalue weighted by atomic mass is 9.80. The van der Waals surface area contributed by atoms with Crippen molar-refractivity contribution in [3.8, 4) is 0 Å². The lowest BCUT2D eigenvalue weighted by molar-refractivity contribution is -0.138. The van der Waals surface area contributed by atoms with Gasteiger partial charge in [0.05, 0.1) is 0 Å². The van der Waals surface area contributed by atoms with Gasteiger partial charge in [0.15, 0.2) is 0 Å². The zero-order valence-electron chi connectivity index (χ0n) is 24.8. The molecule has 3 atom stereocenters. The first-order valence-corrected chi connectivity index (χ1v) is 16.1. The van der Waals surface area contributed by atoms with Gasteiger partial charge in [0.25, 0.3) is 0 Å². The lowest BCUT2D eigenvalue weighted by Crippen LogP contribution is -2.58. The molecule has 0 aromatic heterocycles. The number of rotatable bonds is 10. The molecule has 2 amide bonds. The molecule has 2 aromatic carbocycles. The number of fused-ring (bicyclic) bond motifs is 1. The van der Waals surface area contributed by atoms with Crippen LogP contribution in [-0.4, -0.2) is 65.9 Å². The molecule has 6 nitrogen and oxygen atoms in total. The lowest BCUT2D eigenvalue weighted by Gasteiger charge is -2.44. The Hall–Kier alpha value is -2.57. The zero-order valence-corrected chi connectivity index (χ0v) is 25.5. The number of hydrogen-bond donors (Lipinski definition) is 2. The van der Waals surface area contributed by atoms with Crippen molar-refractivity contribution in [1.29, 1.82) is 0 Å². The molecule has 1 saturated carbocycles. The molecule has 2 aromatic rings. The Morgan fingerprint density at radius 3 is 2.37 bits per heavy atom. The molecular formula is C34H47ClN4O2. The topological polar surface area (TPSA) is 64.7 Å². The smallest absolute Gasteiger partial charge is 0.245 e. The van der Waals surface area contributed by atoms with Gasteiger partial charge in [0.1, 0.15) is 6.04 Å². The van der Waals surface area contributed by atoms with Gasteiger partial charge >= 0.3 is 0 Å². The highest BCUT2D eigenvalue weighted by Crippen LogP contribution is 2.33. The number of halogens is 1. The minimum absolute atomic E-state index is 0.0219. The fourth-order valence-electron chi connectivity index (χ4n) is 7.17. The SMILES string of the molecule is CC(C)CC(C1CCCCC1)N1CCN(C(=O)[C@@H](Cc2ccc(Cl)cc2)NC(=O)CC2Cc3ccccc3N2)CC1. The normalized spacial score (nSPS) is 21.3. The van der Waals surface area contributed by atoms with Crippen LogP contribution >= 0.6 is 11.6 Å². The van der Waals surface area contributed by atoms with Crippen LogP contribution in [0.1, 0.15) is 69.9 Å². The van der Waals surface area contributed by atoms with Gasteiger partial charge in [-0.05, 0) is 66.8 Å². The van der Waals surface area contributed by atoms with E-state index in [0.717, 1.165) is 36.7 Å². The van der Waals surface area contributed by atoms with Crippen molar-refractivity contribution in [2.45, 2.75) is 89.8 Å². The van der Waals surface area contributed by atoms with E-state index in [0.29, 0.717) is 42.9 Å². The third-order valence-electron chi connectivity index (χ3n) is 9.26. The second-order valence-electron chi connectivity index (χ2n) is 12.8. The summed E-state index contributed by atoms with van der Waals surface area (Å²) in [7, 11) is 0. The van der Waals surface area contributed by atoms with Crippen LogP contribution in [0, 0.1) is 11.8 Å². The third kappa shape index (κ3) is 8.04. The second-order valence-corrected chi connectivity index (χ2v) is 13.3. The van der Waals surface area contributed by atoms with E-state index in [1.165, 1.54) is 44.1 Å². The summed E-state index contributed by atoms with van der Waals surface area (Å²) in [5.41, 5.74) is 3.33. The molecule has 2 unspecified atom stereocenters. The molecular weight excluding hydrogens is 532 g/mol. The first-order valence-electron chi connectivity index (χ1n) is 15.8. The molecule has 0 radical (unpaired) electrons. The molecule has 0 bridgehead atoms. The molecule has 2 aliphatic heterocycles. The predicted octanol–water partition coefficient (Wildman–Crippen LogP) is 5.93. The van der Waals surface area contributed by atoms with Crippen molar-refractivity contribution in [2.24, 2.45) is 11.8 Å². The average molecular weight is 579 g/mol. The first-order chi connectivity index (χ1) is 19.9. The standard InChI is InChI=1S/C34H47ClN4O2/c1-24(2)20-32(26-8-4-3-5-9-26)38-16-18-39(19-17-38)34(41)31(21-25-12-14-28(35)15-13-25)37-33(40)23-29-22-27-10-6-7-11-30(27)36-29/h6-7,10-15,24,26,29,31-32,36H,3-5,8-9,16-23H2,1-2H3,(H,37,40)/t29?,31-,32?/m1/s1. The Morgan fingerprint density at radius 2 is 1.68 bits per heavy atom. The summed E-state index contributed by atoms with van der Waals surface area (Å²) in [4.78, 5) is 31.8. The molecule has 3 aliphatic rings. The van der Waals surface area contributed by atoms with Crippen molar-refractivity contribution in [1.82, 2.24) is 15.1 Å². The van der Waals surface area contributed by atoms with E-state index in [1.807, 2.05) is 41.3 Å². The quantitative estimate of drug-likeness (QED) is 0.367. The van der Waals surface area contributed by atoms with Crippen LogP contribution in [-0.2, 0) is 22.4 Å². The third-order valence-corrected chi connectivity index (χ3v) is 9.52. The van der Waals surface area contributed by atoms with Gasteiger partial charge in [-0.3, -0.25) is 14.5 Å². The van der Waals surface area contributed by atoms with Crippen LogP contribution in [0.2, 0.25) is 5.02 Å². The van der Waals surface area contributed by atoms with E-state index in [2.05, 4.69) is 41.5 Å². The number of nitrogens with zero attached hydrogens (tertiary/aromatic N) is 2. The van der Waals surface area contributed by atoms with Gasteiger partial charge in [-0.2, -0.15) is 0 Å². The summed E-state index contributed by atoms with van der Waals surface area (Å²) >= 11 is 6.12. The fraction of sp³-hybridized carbons (Fsp3) is 0.588. The van der Waals surface area contributed by atoms with E-state index in [9.17, 15) is 9.59 Å². The Kier molecular flexibility index (Phi) is 10.3. The molecule has 41 heavy (non-hydrogen) atoms. The number of anilines is 1. The van der Waals surface area contributed by atoms with Gasteiger partial charge in [-0.15, -0.1) is 0 Å². The molecule has 2 fully saturated rings. The van der Waals surface area contributed by atoms with E-state index >= 15 is 0 Å². The van der Waals surface area contributed by atoms with Crippen LogP contribution in [0.4, 0.5) is 5.69 Å². The molecule has 2 N–H and O–H groups in total. The maximum Gasteiger partial charge on any atom is 0.245 e. The number of carbonyl (C=O) groups is 2. The number of amides is 2. The minimum atomic E-state index is -0.594. The summed E-state index contributed by atoms with van der Waals surface area (Å²) in [6.07, 6.45) is 9.60. The second kappa shape index (κ2) is 14.1. The molecule has 5 rings (SSSR count). The van der Waals surface area contributed by atoms with Gasteiger partial charge in [-0.1, -0.05) is 75.0 Å². The summed E-state index contributed by atoms with van der Waals surface area (Å²) < 4.78 is 0. The van der Waals surface area contributed by atoms with Crippen molar-refractivity contribution in [3.05, 3.63) is 64.7 Å². The maximum atomic E-state index is 13.9. The largest absolute Gasteiger partial charge is 0.381 e. The molecule has 1 saturated heterocycles. The number of carbonyl (C=O) groups excluding carboxylic acids is 2. The summed E-state index contributed by atoms with van der Waals surface area (Å²) in [6, 6.07) is 15.8. The van der Waals surface area contributed by atoms with Gasteiger partial charge in [0, 0.05) is 61.8 Å². The van der Waals surface area contributed by atoms with Crippen LogP contribution in [0.25, 0.3) is 0 Å². The van der Waals surface area contributed by atoms with Crippen molar-refractivity contribution in [2.75, 3.05) is 31.5 Å². The Bertz CT molecular complexity index is 1130. The van der Waals surface area contributed by atoms with E-state index in [-0.39, 0.29) is 17.9 Å². The number of benzene rings is 2. The van der Waals surface area contributed by atoms with Gasteiger partial charge < -0.3 is 15.5 Å². The van der Waals surface area contributed by atoms with Crippen LogP contribution in [0.15, 0.2) is 48.5 Å². The van der Waals surface area contributed by atoms with Crippen molar-refractivity contribution >= 4 is 29.1 Å². The zero-order chi connectivity index (χ0) is 28.8. The average Bonchev–Trinajstić information content (AvgIpc) is 3.39. The van der Waals surface area contributed by atoms with Crippen LogP contribution in [0.5, 0.6) is 0 Å². The molecule has 2 heterocycles. The highest BCUT2D eigenvalue weighted by atomic mass is 35.5. The molecule has 222 valence electrons. The monoisotopic (exact) mass is 578 g/mol. The van der Waals surface area contributed by atoms with E-state index in [1.54, 1.807) is 0 Å². The summed E-state index contributed by atoms with van der Waals surface area (Å²) in [5.74, 6) is 1.38. The molecule has 0 spiro atoms. The summed E-state index contributed by atoms with van der Waals surface area (Å²) in [6.45, 7) is 7.91. The number of hydrogen-bond acceptors (Lipinski definition) is 4. The van der Waals surface area contributed by atoms with Crippen molar-refractivity contribution < 1.29 is 9.59 Å². The highest BCUT2D eigenvalue weighted by molar-refractivity contribution is 6.30. The van der Waals surface area contributed by atoms with Gasteiger partial charge in [-0.25, -0.2) is 0 Å². The molecule has 1 aliphatic carbocycles. The fourth-order valence-corrected chi connectivity index (χ4v) is 7.29. The number of nitrogens with one attached hydrogen (secondary N) is 2. The Labute approximate surface area is 251 Å². The summed E-state index contributed by atoms with van der Waals surface area (Å²) in [5, 5.41) is 7.26. The van der Waals surface area contributed by atoms with Gasteiger partial charge in [0.2, 0.25) is 11.8 Å².